The maximum Gasteiger partial charge on any atom is 0.432 e. The molecule has 0 aliphatic carbocycles. The summed E-state index contributed by atoms with van der Waals surface area (Å²) in [6.07, 6.45) is -2.51. The van der Waals surface area contributed by atoms with Crippen molar-refractivity contribution in [3.63, 3.8) is 0 Å². The molecule has 1 aliphatic heterocycles. The van der Waals surface area contributed by atoms with Gasteiger partial charge in [-0.25, -0.2) is 0 Å². The number of ether oxygens (including phenoxy) is 2. The minimum Gasteiger partial charge on any atom is -0.491 e. The average molecular weight is 341 g/mol. The van der Waals surface area contributed by atoms with Gasteiger partial charge in [0, 0.05) is 11.6 Å². The van der Waals surface area contributed by atoms with Gasteiger partial charge in [0.05, 0.1) is 16.7 Å². The van der Waals surface area contributed by atoms with E-state index in [2.05, 4.69) is 0 Å². The summed E-state index contributed by atoms with van der Waals surface area (Å²) in [5.41, 5.74) is -2.03. The summed E-state index contributed by atoms with van der Waals surface area (Å²) >= 11 is 12.1. The standard InChI is InChI=1S/C14H13Cl2F3O2/c1-3-13(14(17,18)19)6-5-8-10(21-13)7-9(15)12(11(8)16)20-4-2/h5-7H,3-4H2,1-2H3. The molecule has 1 unspecified atom stereocenters. The molecule has 116 valence electrons. The topological polar surface area (TPSA) is 18.5 Å². The van der Waals surface area contributed by atoms with Crippen molar-refractivity contribution in [3.05, 3.63) is 27.8 Å². The first-order valence-electron chi connectivity index (χ1n) is 6.35. The lowest BCUT2D eigenvalue weighted by Crippen LogP contribution is -2.49. The van der Waals surface area contributed by atoms with E-state index >= 15 is 0 Å². The van der Waals surface area contributed by atoms with Crippen LogP contribution in [-0.2, 0) is 0 Å². The van der Waals surface area contributed by atoms with Crippen molar-refractivity contribution < 1.29 is 22.6 Å². The van der Waals surface area contributed by atoms with Crippen molar-refractivity contribution in [1.82, 2.24) is 0 Å². The molecule has 1 aromatic carbocycles. The Balaban J connectivity index is 2.54. The molecule has 0 amide bonds. The Labute approximate surface area is 130 Å². The Hall–Kier alpha value is -1.07. The van der Waals surface area contributed by atoms with E-state index in [-0.39, 0.29) is 28.0 Å². The second kappa shape index (κ2) is 5.61. The second-order valence-corrected chi connectivity index (χ2v) is 5.31. The van der Waals surface area contributed by atoms with Gasteiger partial charge < -0.3 is 9.47 Å². The molecule has 1 aromatic rings. The lowest BCUT2D eigenvalue weighted by Gasteiger charge is -2.36. The van der Waals surface area contributed by atoms with Crippen molar-refractivity contribution >= 4 is 29.3 Å². The molecule has 7 heteroatoms. The fraction of sp³-hybridized carbons (Fsp3) is 0.429. The van der Waals surface area contributed by atoms with E-state index in [0.717, 1.165) is 6.08 Å². The van der Waals surface area contributed by atoms with Gasteiger partial charge in [-0.15, -0.1) is 0 Å². The molecule has 0 bridgehead atoms. The molecule has 0 fully saturated rings. The summed E-state index contributed by atoms with van der Waals surface area (Å²) in [6, 6.07) is 1.30. The van der Waals surface area contributed by atoms with Gasteiger partial charge in [-0.1, -0.05) is 30.1 Å². The van der Waals surface area contributed by atoms with Crippen molar-refractivity contribution in [1.29, 1.82) is 0 Å². The maximum atomic E-state index is 13.2. The normalized spacial score (nSPS) is 20.9. The minimum absolute atomic E-state index is 0.00451. The van der Waals surface area contributed by atoms with Crippen LogP contribution in [0, 0.1) is 0 Å². The van der Waals surface area contributed by atoms with E-state index in [1.54, 1.807) is 6.92 Å². The quantitative estimate of drug-likeness (QED) is 0.722. The smallest absolute Gasteiger partial charge is 0.432 e. The summed E-state index contributed by atoms with van der Waals surface area (Å²) in [5, 5.41) is 0.255. The highest BCUT2D eigenvalue weighted by Crippen LogP contribution is 2.48. The van der Waals surface area contributed by atoms with Gasteiger partial charge in [-0.05, 0) is 25.5 Å². The first-order valence-corrected chi connectivity index (χ1v) is 7.11. The van der Waals surface area contributed by atoms with Gasteiger partial charge in [-0.3, -0.25) is 0 Å². The second-order valence-electron chi connectivity index (χ2n) is 4.52. The molecule has 1 aliphatic rings. The summed E-state index contributed by atoms with van der Waals surface area (Å²) < 4.78 is 50.2. The van der Waals surface area contributed by atoms with E-state index in [1.807, 2.05) is 0 Å². The third kappa shape index (κ3) is 2.69. The number of hydrogen-bond donors (Lipinski definition) is 0. The molecular weight excluding hydrogens is 328 g/mol. The van der Waals surface area contributed by atoms with Crippen LogP contribution in [-0.4, -0.2) is 18.4 Å². The van der Waals surface area contributed by atoms with E-state index in [4.69, 9.17) is 32.7 Å². The Morgan fingerprint density at radius 3 is 2.48 bits per heavy atom. The van der Waals surface area contributed by atoms with Crippen LogP contribution >= 0.6 is 23.2 Å². The lowest BCUT2D eigenvalue weighted by atomic mass is 9.94. The van der Waals surface area contributed by atoms with E-state index in [0.29, 0.717) is 12.2 Å². The van der Waals surface area contributed by atoms with Gasteiger partial charge in [0.15, 0.2) is 5.75 Å². The van der Waals surface area contributed by atoms with Crippen LogP contribution in [0.5, 0.6) is 11.5 Å². The average Bonchev–Trinajstić information content (AvgIpc) is 2.41. The van der Waals surface area contributed by atoms with Gasteiger partial charge in [-0.2, -0.15) is 13.2 Å². The van der Waals surface area contributed by atoms with Crippen molar-refractivity contribution in [2.24, 2.45) is 0 Å². The van der Waals surface area contributed by atoms with Crippen molar-refractivity contribution in [2.45, 2.75) is 32.0 Å². The van der Waals surface area contributed by atoms with Gasteiger partial charge >= 0.3 is 6.18 Å². The minimum atomic E-state index is -4.53. The number of halogens is 5. The predicted octanol–water partition coefficient (Wildman–Crippen LogP) is 5.51. The first-order chi connectivity index (χ1) is 9.75. The number of alkyl halides is 3. The molecule has 1 atom stereocenters. The molecule has 0 saturated heterocycles. The molecular formula is C14H13Cl2F3O2. The van der Waals surface area contributed by atoms with Crippen LogP contribution in [0.4, 0.5) is 13.2 Å². The molecule has 0 saturated carbocycles. The zero-order valence-corrected chi connectivity index (χ0v) is 12.9. The molecule has 1 heterocycles. The highest BCUT2D eigenvalue weighted by molar-refractivity contribution is 6.38. The van der Waals surface area contributed by atoms with E-state index in [1.165, 1.54) is 19.1 Å². The first kappa shape index (κ1) is 16.3. The van der Waals surface area contributed by atoms with Gasteiger partial charge in [0.2, 0.25) is 5.60 Å². The Kier molecular flexibility index (Phi) is 4.36. The molecule has 0 N–H and O–H groups in total. The molecule has 2 nitrogen and oxygen atoms in total. The monoisotopic (exact) mass is 340 g/mol. The highest BCUT2D eigenvalue weighted by atomic mass is 35.5. The Morgan fingerprint density at radius 1 is 1.29 bits per heavy atom. The molecule has 0 aromatic heterocycles. The Morgan fingerprint density at radius 2 is 1.95 bits per heavy atom. The van der Waals surface area contributed by atoms with Crippen LogP contribution in [0.15, 0.2) is 12.1 Å². The summed E-state index contributed by atoms with van der Waals surface area (Å²) in [5.74, 6) is 0.235. The zero-order chi connectivity index (χ0) is 15.8. The summed E-state index contributed by atoms with van der Waals surface area (Å²) in [7, 11) is 0. The van der Waals surface area contributed by atoms with Crippen LogP contribution < -0.4 is 9.47 Å². The third-order valence-electron chi connectivity index (χ3n) is 3.28. The van der Waals surface area contributed by atoms with Crippen molar-refractivity contribution in [2.75, 3.05) is 6.61 Å². The van der Waals surface area contributed by atoms with Gasteiger partial charge in [0.1, 0.15) is 5.75 Å². The van der Waals surface area contributed by atoms with E-state index < -0.39 is 11.8 Å². The van der Waals surface area contributed by atoms with Crippen LogP contribution in [0.2, 0.25) is 10.0 Å². The predicted molar refractivity (Wildman–Crippen MR) is 76.4 cm³/mol. The number of benzene rings is 1. The zero-order valence-electron chi connectivity index (χ0n) is 11.4. The SMILES string of the molecule is CCOc1c(Cl)cc2c(c1Cl)C=CC(CC)(C(F)(F)F)O2. The fourth-order valence-corrected chi connectivity index (χ4v) is 2.71. The number of fused-ring (bicyclic) bond motifs is 1. The molecule has 0 radical (unpaired) electrons. The van der Waals surface area contributed by atoms with Crippen LogP contribution in [0.1, 0.15) is 25.8 Å². The number of rotatable bonds is 3. The lowest BCUT2D eigenvalue weighted by molar-refractivity contribution is -0.230. The largest absolute Gasteiger partial charge is 0.491 e. The van der Waals surface area contributed by atoms with Crippen molar-refractivity contribution in [3.8, 4) is 11.5 Å². The summed E-state index contributed by atoms with van der Waals surface area (Å²) in [6.45, 7) is 3.50. The highest BCUT2D eigenvalue weighted by Gasteiger charge is 2.55. The van der Waals surface area contributed by atoms with Crippen LogP contribution in [0.3, 0.4) is 0 Å². The molecule has 2 rings (SSSR count). The maximum absolute atomic E-state index is 13.2. The van der Waals surface area contributed by atoms with Gasteiger partial charge in [0.25, 0.3) is 0 Å². The molecule has 0 spiro atoms. The number of hydrogen-bond acceptors (Lipinski definition) is 2. The third-order valence-corrected chi connectivity index (χ3v) is 3.94. The fourth-order valence-electron chi connectivity index (χ4n) is 2.10. The Bertz CT molecular complexity index is 585. The molecule has 21 heavy (non-hydrogen) atoms. The van der Waals surface area contributed by atoms with Crippen LogP contribution in [0.25, 0.3) is 6.08 Å². The summed E-state index contributed by atoms with van der Waals surface area (Å²) in [4.78, 5) is 0. The van der Waals surface area contributed by atoms with E-state index in [9.17, 15) is 13.2 Å².